The van der Waals surface area contributed by atoms with Crippen LogP contribution in [0.5, 0.6) is 5.75 Å². The van der Waals surface area contributed by atoms with E-state index in [4.69, 9.17) is 0 Å². The zero-order chi connectivity index (χ0) is 15.4. The van der Waals surface area contributed by atoms with Crippen molar-refractivity contribution in [2.24, 2.45) is 0 Å². The van der Waals surface area contributed by atoms with Gasteiger partial charge in [-0.25, -0.2) is 0 Å². The Morgan fingerprint density at radius 1 is 1.24 bits per heavy atom. The van der Waals surface area contributed by atoms with Gasteiger partial charge in [-0.3, -0.25) is 9.69 Å². The fourth-order valence-electron chi connectivity index (χ4n) is 2.51. The van der Waals surface area contributed by atoms with Gasteiger partial charge in [0.1, 0.15) is 5.75 Å². The summed E-state index contributed by atoms with van der Waals surface area (Å²) in [6.45, 7) is 7.23. The van der Waals surface area contributed by atoms with Gasteiger partial charge in [-0.2, -0.15) is 0 Å². The Balaban J connectivity index is 1.92. The zero-order valence-electron chi connectivity index (χ0n) is 13.2. The maximum atomic E-state index is 12.5. The zero-order valence-corrected chi connectivity index (χ0v) is 13.2. The number of amides is 1. The van der Waals surface area contributed by atoms with Crippen LogP contribution in [0.1, 0.15) is 15.9 Å². The summed E-state index contributed by atoms with van der Waals surface area (Å²) in [5.41, 5.74) is 1.40. The summed E-state index contributed by atoms with van der Waals surface area (Å²) < 4.78 is 0. The Kier molecular flexibility index (Phi) is 5.20. The van der Waals surface area contributed by atoms with Crippen LogP contribution in [0.25, 0.3) is 0 Å². The maximum absolute atomic E-state index is 12.5. The standard InChI is InChI=1S/C16H25N3O2/c1-13-4-5-15(20)14(12-13)16(21)19-10-8-18(9-11-19)7-6-17(2)3/h4-5,12,20H,6-11H2,1-3H3. The number of nitrogens with zero attached hydrogens (tertiary/aromatic N) is 3. The summed E-state index contributed by atoms with van der Waals surface area (Å²) >= 11 is 0. The number of aryl methyl sites for hydroxylation is 1. The first-order chi connectivity index (χ1) is 9.97. The highest BCUT2D eigenvalue weighted by molar-refractivity contribution is 5.97. The van der Waals surface area contributed by atoms with Crippen molar-refractivity contribution in [3.05, 3.63) is 29.3 Å². The van der Waals surface area contributed by atoms with Gasteiger partial charge in [-0.05, 0) is 33.2 Å². The molecule has 1 N–H and O–H groups in total. The number of benzene rings is 1. The van der Waals surface area contributed by atoms with Gasteiger partial charge in [0.15, 0.2) is 0 Å². The van der Waals surface area contributed by atoms with Gasteiger partial charge in [-0.15, -0.1) is 0 Å². The fourth-order valence-corrected chi connectivity index (χ4v) is 2.51. The van der Waals surface area contributed by atoms with Gasteiger partial charge in [0.05, 0.1) is 5.56 Å². The number of carbonyl (C=O) groups is 1. The van der Waals surface area contributed by atoms with E-state index in [1.807, 2.05) is 17.9 Å². The summed E-state index contributed by atoms with van der Waals surface area (Å²) in [7, 11) is 4.14. The Bertz CT molecular complexity index is 494. The monoisotopic (exact) mass is 291 g/mol. The highest BCUT2D eigenvalue weighted by Crippen LogP contribution is 2.20. The molecule has 5 nitrogen and oxygen atoms in total. The van der Waals surface area contributed by atoms with Crippen LogP contribution in [0.15, 0.2) is 18.2 Å². The molecule has 1 heterocycles. The van der Waals surface area contributed by atoms with Crippen LogP contribution in [-0.4, -0.2) is 79.1 Å². The van der Waals surface area contributed by atoms with Gasteiger partial charge in [0, 0.05) is 39.3 Å². The summed E-state index contributed by atoms with van der Waals surface area (Å²) in [6, 6.07) is 5.16. The summed E-state index contributed by atoms with van der Waals surface area (Å²) in [5, 5.41) is 9.87. The van der Waals surface area contributed by atoms with E-state index in [1.54, 1.807) is 12.1 Å². The maximum Gasteiger partial charge on any atom is 0.257 e. The van der Waals surface area contributed by atoms with Gasteiger partial charge in [-0.1, -0.05) is 11.6 Å². The topological polar surface area (TPSA) is 47.0 Å². The van der Waals surface area contributed by atoms with Crippen LogP contribution in [0, 0.1) is 6.92 Å². The lowest BCUT2D eigenvalue weighted by Gasteiger charge is -2.35. The Morgan fingerprint density at radius 2 is 1.90 bits per heavy atom. The second-order valence-electron chi connectivity index (χ2n) is 5.96. The van der Waals surface area contributed by atoms with Crippen LogP contribution in [0.3, 0.4) is 0 Å². The third-order valence-electron chi connectivity index (χ3n) is 3.91. The molecule has 0 aromatic heterocycles. The van der Waals surface area contributed by atoms with Gasteiger partial charge >= 0.3 is 0 Å². The Labute approximate surface area is 126 Å². The van der Waals surface area contributed by atoms with Crippen molar-refractivity contribution in [1.29, 1.82) is 0 Å². The predicted octanol–water partition coefficient (Wildman–Crippen LogP) is 1.02. The molecule has 0 aliphatic carbocycles. The van der Waals surface area contributed by atoms with Crippen molar-refractivity contribution in [3.63, 3.8) is 0 Å². The third kappa shape index (κ3) is 4.19. The van der Waals surface area contributed by atoms with Gasteiger partial charge < -0.3 is 14.9 Å². The summed E-state index contributed by atoms with van der Waals surface area (Å²) in [4.78, 5) is 18.9. The predicted molar refractivity (Wildman–Crippen MR) is 83.7 cm³/mol. The Morgan fingerprint density at radius 3 is 2.52 bits per heavy atom. The molecule has 1 aliphatic rings. The molecule has 21 heavy (non-hydrogen) atoms. The quantitative estimate of drug-likeness (QED) is 0.900. The second kappa shape index (κ2) is 6.91. The second-order valence-corrected chi connectivity index (χ2v) is 5.96. The molecule has 0 saturated carbocycles. The smallest absolute Gasteiger partial charge is 0.257 e. The van der Waals surface area contributed by atoms with E-state index in [1.165, 1.54) is 0 Å². The molecule has 5 heteroatoms. The minimum Gasteiger partial charge on any atom is -0.507 e. The molecule has 1 fully saturated rings. The SMILES string of the molecule is Cc1ccc(O)c(C(=O)N2CCN(CCN(C)C)CC2)c1. The number of aromatic hydroxyl groups is 1. The number of rotatable bonds is 4. The molecular weight excluding hydrogens is 266 g/mol. The van der Waals surface area contributed by atoms with Crippen molar-refractivity contribution >= 4 is 5.91 Å². The van der Waals surface area contributed by atoms with Crippen molar-refractivity contribution in [3.8, 4) is 5.75 Å². The van der Waals surface area contributed by atoms with Crippen LogP contribution in [-0.2, 0) is 0 Å². The molecular formula is C16H25N3O2. The van der Waals surface area contributed by atoms with Crippen molar-refractivity contribution in [2.45, 2.75) is 6.92 Å². The number of phenolic OH excluding ortho intramolecular Hbond substituents is 1. The van der Waals surface area contributed by atoms with Crippen LogP contribution in [0.4, 0.5) is 0 Å². The van der Waals surface area contributed by atoms with E-state index < -0.39 is 0 Å². The average Bonchev–Trinajstić information content (AvgIpc) is 2.47. The third-order valence-corrected chi connectivity index (χ3v) is 3.91. The van der Waals surface area contributed by atoms with E-state index >= 15 is 0 Å². The van der Waals surface area contributed by atoms with Crippen LogP contribution in [0.2, 0.25) is 0 Å². The van der Waals surface area contributed by atoms with Crippen molar-refractivity contribution in [1.82, 2.24) is 14.7 Å². The highest BCUT2D eigenvalue weighted by Gasteiger charge is 2.23. The normalized spacial score (nSPS) is 16.5. The molecule has 0 unspecified atom stereocenters. The number of piperazine rings is 1. The summed E-state index contributed by atoms with van der Waals surface area (Å²) in [6.07, 6.45) is 0. The lowest BCUT2D eigenvalue weighted by Crippen LogP contribution is -2.50. The molecule has 0 spiro atoms. The van der Waals surface area contributed by atoms with E-state index in [-0.39, 0.29) is 11.7 Å². The summed E-state index contributed by atoms with van der Waals surface area (Å²) in [5.74, 6) is 0.00379. The minimum absolute atomic E-state index is 0.0662. The van der Waals surface area contributed by atoms with Crippen LogP contribution < -0.4 is 0 Å². The van der Waals surface area contributed by atoms with E-state index in [9.17, 15) is 9.90 Å². The van der Waals surface area contributed by atoms with Gasteiger partial charge in [0.2, 0.25) is 0 Å². The fraction of sp³-hybridized carbons (Fsp3) is 0.562. The average molecular weight is 291 g/mol. The molecule has 116 valence electrons. The lowest BCUT2D eigenvalue weighted by molar-refractivity contribution is 0.0627. The molecule has 1 aromatic carbocycles. The van der Waals surface area contributed by atoms with Crippen molar-refractivity contribution in [2.75, 3.05) is 53.4 Å². The molecule has 1 aromatic rings. The largest absolute Gasteiger partial charge is 0.507 e. The highest BCUT2D eigenvalue weighted by atomic mass is 16.3. The molecule has 1 amide bonds. The van der Waals surface area contributed by atoms with E-state index in [0.29, 0.717) is 5.56 Å². The molecule has 0 radical (unpaired) electrons. The number of phenols is 1. The molecule has 1 saturated heterocycles. The lowest BCUT2D eigenvalue weighted by atomic mass is 10.1. The van der Waals surface area contributed by atoms with E-state index in [0.717, 1.165) is 44.8 Å². The van der Waals surface area contributed by atoms with Gasteiger partial charge in [0.25, 0.3) is 5.91 Å². The number of hydrogen-bond acceptors (Lipinski definition) is 4. The molecule has 2 rings (SSSR count). The molecule has 1 aliphatic heterocycles. The first-order valence-corrected chi connectivity index (χ1v) is 7.43. The Hall–Kier alpha value is -1.59. The number of hydrogen-bond donors (Lipinski definition) is 1. The number of likely N-dealkylation sites (N-methyl/N-ethyl adjacent to an activating group) is 1. The van der Waals surface area contributed by atoms with Crippen LogP contribution >= 0.6 is 0 Å². The van der Waals surface area contributed by atoms with Crippen molar-refractivity contribution < 1.29 is 9.90 Å². The molecule has 0 bridgehead atoms. The number of carbonyl (C=O) groups excluding carboxylic acids is 1. The minimum atomic E-state index is -0.0662. The van der Waals surface area contributed by atoms with E-state index in [2.05, 4.69) is 23.9 Å². The first-order valence-electron chi connectivity index (χ1n) is 7.43. The first kappa shape index (κ1) is 15.8. The molecule has 0 atom stereocenters.